The Labute approximate surface area is 165 Å². The van der Waals surface area contributed by atoms with E-state index < -0.39 is 0 Å². The largest absolute Gasteiger partial charge is 0.490 e. The maximum Gasteiger partial charge on any atom is 0.271 e. The average Bonchev–Trinajstić information content (AvgIpc) is 2.59. The minimum Gasteiger partial charge on any atom is -0.490 e. The highest BCUT2D eigenvalue weighted by atomic mass is 127. The van der Waals surface area contributed by atoms with Gasteiger partial charge in [-0.25, -0.2) is 5.43 Å². The first kappa shape index (κ1) is 19.5. The van der Waals surface area contributed by atoms with Gasteiger partial charge in [0.05, 0.1) is 23.0 Å². The molecule has 1 N–H and O–H groups in total. The zero-order valence-corrected chi connectivity index (χ0v) is 16.8. The van der Waals surface area contributed by atoms with Crippen LogP contribution in [0, 0.1) is 3.57 Å². The van der Waals surface area contributed by atoms with E-state index in [9.17, 15) is 4.79 Å². The molecule has 0 saturated carbocycles. The number of nitrogens with zero attached hydrogens (tertiary/aromatic N) is 1. The number of carbonyl (C=O) groups excluding carboxylic acids is 1. The summed E-state index contributed by atoms with van der Waals surface area (Å²) in [6.07, 6.45) is 1.56. The molecule has 132 valence electrons. The summed E-state index contributed by atoms with van der Waals surface area (Å²) < 4.78 is 12.2. The lowest BCUT2D eigenvalue weighted by Crippen LogP contribution is -2.17. The van der Waals surface area contributed by atoms with Gasteiger partial charge in [0.15, 0.2) is 11.5 Å². The number of hydrogen-bond acceptors (Lipinski definition) is 4. The Kier molecular flexibility index (Phi) is 7.52. The van der Waals surface area contributed by atoms with Crippen LogP contribution in [0.2, 0.25) is 5.02 Å². The summed E-state index contributed by atoms with van der Waals surface area (Å²) in [4.78, 5) is 12.0. The Hall–Kier alpha value is -1.80. The normalized spacial score (nSPS) is 10.7. The average molecular weight is 473 g/mol. The van der Waals surface area contributed by atoms with Gasteiger partial charge in [-0.05, 0) is 78.4 Å². The number of hydrogen-bond donors (Lipinski definition) is 1. The van der Waals surface area contributed by atoms with Gasteiger partial charge in [-0.15, -0.1) is 0 Å². The van der Waals surface area contributed by atoms with Crippen LogP contribution in [0.5, 0.6) is 11.5 Å². The zero-order chi connectivity index (χ0) is 18.2. The fraction of sp³-hybridized carbons (Fsp3) is 0.222. The SMILES string of the molecule is CCOc1cc(/C=N\NC(=O)c2ccc(Cl)cc2)cc(I)c1OCC. The molecule has 0 radical (unpaired) electrons. The van der Waals surface area contributed by atoms with Crippen molar-refractivity contribution in [2.75, 3.05) is 13.2 Å². The minimum absolute atomic E-state index is 0.307. The second-order valence-electron chi connectivity index (χ2n) is 4.90. The summed E-state index contributed by atoms with van der Waals surface area (Å²) >= 11 is 7.99. The first-order chi connectivity index (χ1) is 12.0. The predicted octanol–water partition coefficient (Wildman–Crippen LogP) is 4.51. The minimum atomic E-state index is -0.307. The van der Waals surface area contributed by atoms with Gasteiger partial charge in [-0.2, -0.15) is 5.10 Å². The van der Waals surface area contributed by atoms with E-state index in [2.05, 4.69) is 33.1 Å². The van der Waals surface area contributed by atoms with Gasteiger partial charge in [-0.3, -0.25) is 4.79 Å². The van der Waals surface area contributed by atoms with Gasteiger partial charge < -0.3 is 9.47 Å². The zero-order valence-electron chi connectivity index (χ0n) is 13.9. The molecule has 0 aliphatic rings. The van der Waals surface area contributed by atoms with Gasteiger partial charge in [0.2, 0.25) is 0 Å². The highest BCUT2D eigenvalue weighted by molar-refractivity contribution is 14.1. The summed E-state index contributed by atoms with van der Waals surface area (Å²) in [5, 5.41) is 4.58. The second-order valence-corrected chi connectivity index (χ2v) is 6.50. The van der Waals surface area contributed by atoms with Crippen LogP contribution in [0.25, 0.3) is 0 Å². The molecule has 2 aromatic carbocycles. The maximum absolute atomic E-state index is 12.0. The van der Waals surface area contributed by atoms with E-state index in [-0.39, 0.29) is 5.91 Å². The Morgan fingerprint density at radius 2 is 1.88 bits per heavy atom. The van der Waals surface area contributed by atoms with E-state index in [0.29, 0.717) is 35.3 Å². The van der Waals surface area contributed by atoms with E-state index in [1.807, 2.05) is 26.0 Å². The van der Waals surface area contributed by atoms with Crippen molar-refractivity contribution in [3.05, 3.63) is 56.1 Å². The number of benzene rings is 2. The van der Waals surface area contributed by atoms with Crippen LogP contribution in [0.15, 0.2) is 41.5 Å². The molecular formula is C18H18ClIN2O3. The third-order valence-electron chi connectivity index (χ3n) is 3.11. The lowest BCUT2D eigenvalue weighted by molar-refractivity contribution is 0.0955. The van der Waals surface area contributed by atoms with Crippen molar-refractivity contribution in [3.8, 4) is 11.5 Å². The van der Waals surface area contributed by atoms with Crippen molar-refractivity contribution >= 4 is 46.3 Å². The summed E-state index contributed by atoms with van der Waals surface area (Å²) in [7, 11) is 0. The first-order valence-corrected chi connectivity index (χ1v) is 9.19. The highest BCUT2D eigenvalue weighted by Gasteiger charge is 2.11. The van der Waals surface area contributed by atoms with E-state index >= 15 is 0 Å². The molecule has 0 unspecified atom stereocenters. The van der Waals surface area contributed by atoms with Crippen LogP contribution >= 0.6 is 34.2 Å². The van der Waals surface area contributed by atoms with Crippen LogP contribution in [0.3, 0.4) is 0 Å². The second kappa shape index (κ2) is 9.62. The third kappa shape index (κ3) is 5.61. The van der Waals surface area contributed by atoms with Gasteiger partial charge in [0.1, 0.15) is 0 Å². The van der Waals surface area contributed by atoms with Crippen LogP contribution in [0.1, 0.15) is 29.8 Å². The van der Waals surface area contributed by atoms with Crippen molar-refractivity contribution in [1.29, 1.82) is 0 Å². The standard InChI is InChI=1S/C18H18ClIN2O3/c1-3-24-16-10-12(9-15(20)17(16)25-4-2)11-21-22-18(23)13-5-7-14(19)8-6-13/h5-11H,3-4H2,1-2H3,(H,22,23)/b21-11-. The summed E-state index contributed by atoms with van der Waals surface area (Å²) in [5.41, 5.74) is 3.77. The van der Waals surface area contributed by atoms with Gasteiger partial charge in [-0.1, -0.05) is 11.6 Å². The highest BCUT2D eigenvalue weighted by Crippen LogP contribution is 2.33. The monoisotopic (exact) mass is 472 g/mol. The van der Waals surface area contributed by atoms with Crippen molar-refractivity contribution in [1.82, 2.24) is 5.43 Å². The smallest absolute Gasteiger partial charge is 0.271 e. The van der Waals surface area contributed by atoms with Crippen LogP contribution < -0.4 is 14.9 Å². The van der Waals surface area contributed by atoms with Crippen LogP contribution in [-0.2, 0) is 0 Å². The molecule has 0 spiro atoms. The Balaban J connectivity index is 2.12. The fourth-order valence-corrected chi connectivity index (χ4v) is 2.95. The molecular weight excluding hydrogens is 455 g/mol. The summed E-state index contributed by atoms with van der Waals surface area (Å²) in [6, 6.07) is 10.3. The molecule has 7 heteroatoms. The molecule has 0 aliphatic heterocycles. The van der Waals surface area contributed by atoms with E-state index in [1.165, 1.54) is 0 Å². The summed E-state index contributed by atoms with van der Waals surface area (Å²) in [6.45, 7) is 4.92. The molecule has 0 aromatic heterocycles. The molecule has 2 rings (SSSR count). The van der Waals surface area contributed by atoms with Crippen molar-refractivity contribution in [3.63, 3.8) is 0 Å². The molecule has 1 amide bonds. The molecule has 0 heterocycles. The lowest BCUT2D eigenvalue weighted by Gasteiger charge is -2.13. The molecule has 2 aromatic rings. The summed E-state index contributed by atoms with van der Waals surface area (Å²) in [5.74, 6) is 1.06. The van der Waals surface area contributed by atoms with Gasteiger partial charge in [0, 0.05) is 10.6 Å². The van der Waals surface area contributed by atoms with E-state index in [1.54, 1.807) is 30.5 Å². The molecule has 0 fully saturated rings. The van der Waals surface area contributed by atoms with Crippen molar-refractivity contribution in [2.24, 2.45) is 5.10 Å². The van der Waals surface area contributed by atoms with Gasteiger partial charge in [0.25, 0.3) is 5.91 Å². The van der Waals surface area contributed by atoms with E-state index in [4.69, 9.17) is 21.1 Å². The predicted molar refractivity (Wildman–Crippen MR) is 108 cm³/mol. The molecule has 0 bridgehead atoms. The number of carbonyl (C=O) groups is 1. The molecule has 0 saturated heterocycles. The third-order valence-corrected chi connectivity index (χ3v) is 4.16. The van der Waals surface area contributed by atoms with Gasteiger partial charge >= 0.3 is 0 Å². The quantitative estimate of drug-likeness (QED) is 0.367. The van der Waals surface area contributed by atoms with Crippen LogP contribution in [-0.4, -0.2) is 25.3 Å². The number of halogens is 2. The molecule has 0 atom stereocenters. The lowest BCUT2D eigenvalue weighted by atomic mass is 10.2. The number of ether oxygens (including phenoxy) is 2. The number of nitrogens with one attached hydrogen (secondary N) is 1. The Morgan fingerprint density at radius 3 is 2.52 bits per heavy atom. The van der Waals surface area contributed by atoms with Crippen molar-refractivity contribution < 1.29 is 14.3 Å². The maximum atomic E-state index is 12.0. The van der Waals surface area contributed by atoms with E-state index in [0.717, 1.165) is 9.13 Å². The molecule has 0 aliphatic carbocycles. The van der Waals surface area contributed by atoms with Crippen LogP contribution in [0.4, 0.5) is 0 Å². The van der Waals surface area contributed by atoms with Crippen molar-refractivity contribution in [2.45, 2.75) is 13.8 Å². The molecule has 25 heavy (non-hydrogen) atoms. The fourth-order valence-electron chi connectivity index (χ4n) is 2.04. The Morgan fingerprint density at radius 1 is 1.20 bits per heavy atom. The number of hydrazone groups is 1. The number of amides is 1. The Bertz CT molecular complexity index is 764. The molecule has 5 nitrogen and oxygen atoms in total. The topological polar surface area (TPSA) is 59.9 Å². The number of rotatable bonds is 7. The first-order valence-electron chi connectivity index (χ1n) is 7.73.